The SMILES string of the molecule is COC(=O)c1cncc2c1CCC=C2. The largest absolute Gasteiger partial charge is 0.465 e. The van der Waals surface area contributed by atoms with Gasteiger partial charge >= 0.3 is 5.97 Å². The smallest absolute Gasteiger partial charge is 0.339 e. The second kappa shape index (κ2) is 3.62. The van der Waals surface area contributed by atoms with E-state index in [-0.39, 0.29) is 5.97 Å². The second-order valence-corrected chi connectivity index (χ2v) is 3.19. The summed E-state index contributed by atoms with van der Waals surface area (Å²) < 4.78 is 4.70. The molecule has 0 unspecified atom stereocenters. The number of aromatic nitrogens is 1. The molecule has 0 N–H and O–H groups in total. The highest BCUT2D eigenvalue weighted by Crippen LogP contribution is 2.21. The van der Waals surface area contributed by atoms with Crippen LogP contribution in [0, 0.1) is 0 Å². The van der Waals surface area contributed by atoms with Crippen LogP contribution in [0.2, 0.25) is 0 Å². The minimum absolute atomic E-state index is 0.301. The third-order valence-electron chi connectivity index (χ3n) is 2.35. The van der Waals surface area contributed by atoms with Crippen LogP contribution in [0.25, 0.3) is 6.08 Å². The lowest BCUT2D eigenvalue weighted by Gasteiger charge is -2.12. The quantitative estimate of drug-likeness (QED) is 0.632. The number of carbonyl (C=O) groups is 1. The Kier molecular flexibility index (Phi) is 2.31. The molecule has 0 saturated heterocycles. The van der Waals surface area contributed by atoms with Crippen LogP contribution in [0.3, 0.4) is 0 Å². The molecule has 0 atom stereocenters. The van der Waals surface area contributed by atoms with Crippen molar-refractivity contribution in [2.75, 3.05) is 7.11 Å². The standard InChI is InChI=1S/C11H11NO2/c1-14-11(13)10-7-12-6-8-4-2-3-5-9(8)10/h2,4,6-7H,3,5H2,1H3. The van der Waals surface area contributed by atoms with Crippen molar-refractivity contribution in [3.05, 3.63) is 35.2 Å². The Hall–Kier alpha value is -1.64. The summed E-state index contributed by atoms with van der Waals surface area (Å²) in [5.74, 6) is -0.301. The van der Waals surface area contributed by atoms with Crippen LogP contribution < -0.4 is 0 Å². The number of methoxy groups -OCH3 is 1. The first-order valence-electron chi connectivity index (χ1n) is 4.54. The summed E-state index contributed by atoms with van der Waals surface area (Å²) in [6, 6.07) is 0. The maximum absolute atomic E-state index is 11.4. The van der Waals surface area contributed by atoms with E-state index in [1.54, 1.807) is 12.4 Å². The Balaban J connectivity index is 2.51. The van der Waals surface area contributed by atoms with E-state index in [4.69, 9.17) is 4.74 Å². The molecule has 0 spiro atoms. The lowest BCUT2D eigenvalue weighted by atomic mass is 9.95. The van der Waals surface area contributed by atoms with Crippen molar-refractivity contribution in [2.24, 2.45) is 0 Å². The predicted octanol–water partition coefficient (Wildman–Crippen LogP) is 1.83. The molecule has 0 bridgehead atoms. The van der Waals surface area contributed by atoms with E-state index >= 15 is 0 Å². The van der Waals surface area contributed by atoms with Gasteiger partial charge in [0.1, 0.15) is 0 Å². The highest BCUT2D eigenvalue weighted by Gasteiger charge is 2.15. The molecular weight excluding hydrogens is 178 g/mol. The lowest BCUT2D eigenvalue weighted by Crippen LogP contribution is -2.09. The van der Waals surface area contributed by atoms with E-state index in [0.29, 0.717) is 5.56 Å². The lowest BCUT2D eigenvalue weighted by molar-refractivity contribution is 0.0599. The summed E-state index contributed by atoms with van der Waals surface area (Å²) >= 11 is 0. The molecule has 1 aromatic rings. The summed E-state index contributed by atoms with van der Waals surface area (Å²) in [7, 11) is 1.39. The van der Waals surface area contributed by atoms with Crippen LogP contribution in [0.15, 0.2) is 18.5 Å². The summed E-state index contributed by atoms with van der Waals surface area (Å²) in [6.45, 7) is 0. The van der Waals surface area contributed by atoms with E-state index in [0.717, 1.165) is 24.0 Å². The molecule has 0 radical (unpaired) electrons. The zero-order valence-electron chi connectivity index (χ0n) is 7.99. The first kappa shape index (κ1) is 8.94. The number of carbonyl (C=O) groups excluding carboxylic acids is 1. The molecule has 14 heavy (non-hydrogen) atoms. The molecule has 0 amide bonds. The van der Waals surface area contributed by atoms with Crippen LogP contribution >= 0.6 is 0 Å². The monoisotopic (exact) mass is 189 g/mol. The van der Waals surface area contributed by atoms with Crippen molar-refractivity contribution in [3.63, 3.8) is 0 Å². The van der Waals surface area contributed by atoms with Gasteiger partial charge < -0.3 is 4.74 Å². The molecule has 2 rings (SSSR count). The van der Waals surface area contributed by atoms with E-state index < -0.39 is 0 Å². The van der Waals surface area contributed by atoms with E-state index in [1.807, 2.05) is 6.08 Å². The van der Waals surface area contributed by atoms with Gasteiger partial charge in [-0.25, -0.2) is 4.79 Å². The zero-order chi connectivity index (χ0) is 9.97. The third kappa shape index (κ3) is 1.41. The fourth-order valence-corrected chi connectivity index (χ4v) is 1.65. The average Bonchev–Trinajstić information content (AvgIpc) is 2.27. The molecule has 3 heteroatoms. The maximum Gasteiger partial charge on any atom is 0.339 e. The summed E-state index contributed by atoms with van der Waals surface area (Å²) in [6.07, 6.45) is 9.30. The van der Waals surface area contributed by atoms with Crippen LogP contribution in [-0.2, 0) is 11.2 Å². The van der Waals surface area contributed by atoms with Crippen molar-refractivity contribution in [2.45, 2.75) is 12.8 Å². The van der Waals surface area contributed by atoms with Gasteiger partial charge in [-0.3, -0.25) is 4.98 Å². The topological polar surface area (TPSA) is 39.2 Å². The van der Waals surface area contributed by atoms with Gasteiger partial charge in [0.05, 0.1) is 12.7 Å². The van der Waals surface area contributed by atoms with E-state index in [1.165, 1.54) is 7.11 Å². The molecular formula is C11H11NO2. The van der Waals surface area contributed by atoms with Gasteiger partial charge in [-0.1, -0.05) is 12.2 Å². The van der Waals surface area contributed by atoms with Crippen LogP contribution in [0.5, 0.6) is 0 Å². The number of nitrogens with zero attached hydrogens (tertiary/aromatic N) is 1. The Labute approximate surface area is 82.4 Å². The molecule has 1 aliphatic rings. The van der Waals surface area contributed by atoms with Gasteiger partial charge in [0, 0.05) is 12.4 Å². The fraction of sp³-hybridized carbons (Fsp3) is 0.273. The van der Waals surface area contributed by atoms with Gasteiger partial charge in [0.2, 0.25) is 0 Å². The van der Waals surface area contributed by atoms with Crippen LogP contribution in [0.1, 0.15) is 27.9 Å². The number of hydrogen-bond acceptors (Lipinski definition) is 3. The average molecular weight is 189 g/mol. The Morgan fingerprint density at radius 3 is 3.14 bits per heavy atom. The Morgan fingerprint density at radius 1 is 1.50 bits per heavy atom. The number of ether oxygens (including phenoxy) is 1. The zero-order valence-corrected chi connectivity index (χ0v) is 7.99. The number of fused-ring (bicyclic) bond motifs is 1. The minimum atomic E-state index is -0.301. The molecule has 0 fully saturated rings. The normalized spacial score (nSPS) is 13.5. The third-order valence-corrected chi connectivity index (χ3v) is 2.35. The predicted molar refractivity (Wildman–Crippen MR) is 52.9 cm³/mol. The molecule has 72 valence electrons. The highest BCUT2D eigenvalue weighted by atomic mass is 16.5. The van der Waals surface area contributed by atoms with E-state index in [9.17, 15) is 4.79 Å². The fourth-order valence-electron chi connectivity index (χ4n) is 1.65. The van der Waals surface area contributed by atoms with Gasteiger partial charge in [-0.15, -0.1) is 0 Å². The summed E-state index contributed by atoms with van der Waals surface area (Å²) in [5, 5.41) is 0. The number of pyridine rings is 1. The molecule has 0 aromatic carbocycles. The number of allylic oxidation sites excluding steroid dienone is 1. The summed E-state index contributed by atoms with van der Waals surface area (Å²) in [4.78, 5) is 15.4. The van der Waals surface area contributed by atoms with Crippen molar-refractivity contribution in [1.29, 1.82) is 0 Å². The molecule has 0 aliphatic heterocycles. The molecule has 0 saturated carbocycles. The molecule has 3 nitrogen and oxygen atoms in total. The van der Waals surface area contributed by atoms with Gasteiger partial charge in [-0.05, 0) is 24.0 Å². The van der Waals surface area contributed by atoms with Crippen LogP contribution in [0.4, 0.5) is 0 Å². The number of hydrogen-bond donors (Lipinski definition) is 0. The Morgan fingerprint density at radius 2 is 2.36 bits per heavy atom. The summed E-state index contributed by atoms with van der Waals surface area (Å²) in [5.41, 5.74) is 2.67. The number of esters is 1. The van der Waals surface area contributed by atoms with Gasteiger partial charge in [-0.2, -0.15) is 0 Å². The van der Waals surface area contributed by atoms with Crippen molar-refractivity contribution < 1.29 is 9.53 Å². The Bertz CT molecular complexity index is 396. The molecule has 1 aromatic heterocycles. The van der Waals surface area contributed by atoms with Crippen LogP contribution in [-0.4, -0.2) is 18.1 Å². The minimum Gasteiger partial charge on any atom is -0.465 e. The molecule has 1 heterocycles. The highest BCUT2D eigenvalue weighted by molar-refractivity contribution is 5.91. The van der Waals surface area contributed by atoms with Gasteiger partial charge in [0.15, 0.2) is 0 Å². The van der Waals surface area contributed by atoms with Crippen molar-refractivity contribution in [1.82, 2.24) is 4.98 Å². The van der Waals surface area contributed by atoms with Crippen molar-refractivity contribution >= 4 is 12.0 Å². The van der Waals surface area contributed by atoms with E-state index in [2.05, 4.69) is 11.1 Å². The second-order valence-electron chi connectivity index (χ2n) is 3.19. The maximum atomic E-state index is 11.4. The molecule has 1 aliphatic carbocycles. The van der Waals surface area contributed by atoms with Crippen molar-refractivity contribution in [3.8, 4) is 0 Å². The first-order valence-corrected chi connectivity index (χ1v) is 4.54. The van der Waals surface area contributed by atoms with Gasteiger partial charge in [0.25, 0.3) is 0 Å². The number of rotatable bonds is 1. The first-order chi connectivity index (χ1) is 6.83.